The normalized spacial score (nSPS) is 10.3. The van der Waals surface area contributed by atoms with Gasteiger partial charge in [0.05, 0.1) is 5.69 Å². The zero-order valence-corrected chi connectivity index (χ0v) is 12.2. The Labute approximate surface area is 125 Å². The lowest BCUT2D eigenvalue weighted by molar-refractivity contribution is -0.116. The molecule has 2 rings (SSSR count). The fraction of sp³-hybridized carbons (Fsp3) is 0.214. The number of benzene rings is 1. The van der Waals surface area contributed by atoms with Gasteiger partial charge in [-0.1, -0.05) is 12.1 Å². The summed E-state index contributed by atoms with van der Waals surface area (Å²) in [4.78, 5) is 29.0. The molecule has 4 N–H and O–H groups in total. The third kappa shape index (κ3) is 3.79. The van der Waals surface area contributed by atoms with Gasteiger partial charge in [0.25, 0.3) is 5.56 Å². The molecule has 1 heterocycles. The van der Waals surface area contributed by atoms with Crippen LogP contribution in [0.2, 0.25) is 0 Å². The molecule has 1 aromatic carbocycles. The van der Waals surface area contributed by atoms with Gasteiger partial charge in [-0.3, -0.25) is 14.6 Å². The SMILES string of the molecule is Cc1[nH]c(=S)[nH]c(=O)c1CCC(=O)Nc1ccccc1O. The van der Waals surface area contributed by atoms with Crippen molar-refractivity contribution in [3.05, 3.63) is 50.6 Å². The van der Waals surface area contributed by atoms with Crippen molar-refractivity contribution in [3.63, 3.8) is 0 Å². The summed E-state index contributed by atoms with van der Waals surface area (Å²) in [5.74, 6) is -0.276. The van der Waals surface area contributed by atoms with Gasteiger partial charge in [-0.2, -0.15) is 0 Å². The minimum Gasteiger partial charge on any atom is -0.506 e. The lowest BCUT2D eigenvalue weighted by atomic mass is 10.1. The van der Waals surface area contributed by atoms with Crippen molar-refractivity contribution < 1.29 is 9.90 Å². The molecule has 0 saturated carbocycles. The highest BCUT2D eigenvalue weighted by Gasteiger charge is 2.10. The van der Waals surface area contributed by atoms with Crippen LogP contribution in [0.5, 0.6) is 5.75 Å². The van der Waals surface area contributed by atoms with Gasteiger partial charge >= 0.3 is 0 Å². The van der Waals surface area contributed by atoms with Crippen molar-refractivity contribution in [1.29, 1.82) is 0 Å². The van der Waals surface area contributed by atoms with E-state index in [0.29, 0.717) is 16.9 Å². The Balaban J connectivity index is 2.04. The molecule has 6 nitrogen and oxygen atoms in total. The number of H-pyrrole nitrogens is 2. The van der Waals surface area contributed by atoms with E-state index < -0.39 is 0 Å². The number of amides is 1. The molecule has 0 bridgehead atoms. The number of hydrogen-bond acceptors (Lipinski definition) is 4. The molecule has 110 valence electrons. The van der Waals surface area contributed by atoms with Crippen LogP contribution in [-0.2, 0) is 11.2 Å². The second kappa shape index (κ2) is 6.36. The van der Waals surface area contributed by atoms with Gasteiger partial charge in [-0.15, -0.1) is 0 Å². The van der Waals surface area contributed by atoms with E-state index >= 15 is 0 Å². The number of phenols is 1. The predicted octanol–water partition coefficient (Wildman–Crippen LogP) is 2.02. The van der Waals surface area contributed by atoms with E-state index in [1.807, 2.05) is 0 Å². The second-order valence-electron chi connectivity index (χ2n) is 4.58. The number of carbonyl (C=O) groups excluding carboxylic acids is 1. The van der Waals surface area contributed by atoms with Crippen LogP contribution < -0.4 is 10.9 Å². The summed E-state index contributed by atoms with van der Waals surface area (Å²) in [6.07, 6.45) is 0.412. The fourth-order valence-electron chi connectivity index (χ4n) is 1.96. The standard InChI is InChI=1S/C14H15N3O3S/c1-8-9(13(20)17-14(21)15-8)6-7-12(19)16-10-4-2-3-5-11(10)18/h2-5,18H,6-7H2,1H3,(H,16,19)(H2,15,17,20,21). The van der Waals surface area contributed by atoms with Crippen LogP contribution in [0.4, 0.5) is 5.69 Å². The smallest absolute Gasteiger partial charge is 0.255 e. The first-order valence-electron chi connectivity index (χ1n) is 6.37. The van der Waals surface area contributed by atoms with Crippen molar-refractivity contribution >= 4 is 23.8 Å². The van der Waals surface area contributed by atoms with Gasteiger partial charge in [0.15, 0.2) is 4.77 Å². The number of aromatic hydroxyl groups is 1. The molecule has 7 heteroatoms. The summed E-state index contributed by atoms with van der Waals surface area (Å²) in [6.45, 7) is 1.74. The Bertz CT molecular complexity index is 780. The molecule has 0 radical (unpaired) electrons. The van der Waals surface area contributed by atoms with Crippen LogP contribution in [0.15, 0.2) is 29.1 Å². The van der Waals surface area contributed by atoms with E-state index in [4.69, 9.17) is 12.2 Å². The number of carbonyl (C=O) groups is 1. The molecule has 0 fully saturated rings. The van der Waals surface area contributed by atoms with Gasteiger partial charge in [-0.05, 0) is 37.7 Å². The lowest BCUT2D eigenvalue weighted by Crippen LogP contribution is -2.19. The third-order valence-corrected chi connectivity index (χ3v) is 3.24. The van der Waals surface area contributed by atoms with Crippen molar-refractivity contribution in [2.75, 3.05) is 5.32 Å². The average Bonchev–Trinajstić information content (AvgIpc) is 2.40. The largest absolute Gasteiger partial charge is 0.506 e. The van der Waals surface area contributed by atoms with Crippen molar-refractivity contribution in [2.24, 2.45) is 0 Å². The molecule has 1 aromatic heterocycles. The summed E-state index contributed by atoms with van der Waals surface area (Å²) in [5.41, 5.74) is 1.21. The highest BCUT2D eigenvalue weighted by molar-refractivity contribution is 7.71. The number of phenolic OH excluding ortho intramolecular Hbond substituents is 1. The number of aryl methyl sites for hydroxylation is 1. The second-order valence-corrected chi connectivity index (χ2v) is 4.99. The van der Waals surface area contributed by atoms with Crippen LogP contribution >= 0.6 is 12.2 Å². The zero-order chi connectivity index (χ0) is 15.4. The van der Waals surface area contributed by atoms with Gasteiger partial charge in [0.1, 0.15) is 5.75 Å². The Morgan fingerprint density at radius 1 is 1.33 bits per heavy atom. The maximum Gasteiger partial charge on any atom is 0.255 e. The number of aromatic amines is 2. The molecule has 0 spiro atoms. The molecule has 0 atom stereocenters. The molecule has 0 aliphatic carbocycles. The maximum absolute atomic E-state index is 11.9. The number of rotatable bonds is 4. The van der Waals surface area contributed by atoms with Crippen LogP contribution in [-0.4, -0.2) is 21.0 Å². The highest BCUT2D eigenvalue weighted by Crippen LogP contribution is 2.21. The van der Waals surface area contributed by atoms with E-state index in [0.717, 1.165) is 0 Å². The van der Waals surface area contributed by atoms with E-state index in [9.17, 15) is 14.7 Å². The predicted molar refractivity (Wildman–Crippen MR) is 82.0 cm³/mol. The molecule has 1 amide bonds. The number of para-hydroxylation sites is 2. The van der Waals surface area contributed by atoms with Crippen LogP contribution in [0.1, 0.15) is 17.7 Å². The van der Waals surface area contributed by atoms with Crippen molar-refractivity contribution in [2.45, 2.75) is 19.8 Å². The first-order chi connectivity index (χ1) is 9.97. The summed E-state index contributed by atoms with van der Waals surface area (Å²) >= 11 is 4.87. The number of nitrogens with one attached hydrogen (secondary N) is 3. The zero-order valence-electron chi connectivity index (χ0n) is 11.4. The first-order valence-corrected chi connectivity index (χ1v) is 6.78. The van der Waals surface area contributed by atoms with Gasteiger partial charge in [-0.25, -0.2) is 0 Å². The average molecular weight is 305 g/mol. The first kappa shape index (κ1) is 15.0. The molecule has 0 aliphatic rings. The van der Waals surface area contributed by atoms with Crippen molar-refractivity contribution in [1.82, 2.24) is 9.97 Å². The molecule has 0 unspecified atom stereocenters. The van der Waals surface area contributed by atoms with E-state index in [1.54, 1.807) is 25.1 Å². The molecule has 21 heavy (non-hydrogen) atoms. The summed E-state index contributed by atoms with van der Waals surface area (Å²) in [6, 6.07) is 6.47. The molecule has 0 saturated heterocycles. The number of aromatic nitrogens is 2. The van der Waals surface area contributed by atoms with E-state index in [2.05, 4.69) is 15.3 Å². The monoisotopic (exact) mass is 305 g/mol. The van der Waals surface area contributed by atoms with E-state index in [-0.39, 0.29) is 34.8 Å². The summed E-state index contributed by atoms with van der Waals surface area (Å²) < 4.78 is 0.264. The minimum absolute atomic E-state index is 0.00340. The molecular weight excluding hydrogens is 290 g/mol. The van der Waals surface area contributed by atoms with Crippen LogP contribution in [0, 0.1) is 11.7 Å². The molecule has 0 aliphatic heterocycles. The highest BCUT2D eigenvalue weighted by atomic mass is 32.1. The van der Waals surface area contributed by atoms with Gasteiger partial charge < -0.3 is 15.4 Å². The van der Waals surface area contributed by atoms with Gasteiger partial charge in [0.2, 0.25) is 5.91 Å². The minimum atomic E-state index is -0.286. The summed E-state index contributed by atoms with van der Waals surface area (Å²) in [5, 5.41) is 12.2. The van der Waals surface area contributed by atoms with Gasteiger partial charge in [0, 0.05) is 17.7 Å². The molecular formula is C14H15N3O3S. The number of anilines is 1. The van der Waals surface area contributed by atoms with Crippen LogP contribution in [0.25, 0.3) is 0 Å². The third-order valence-electron chi connectivity index (χ3n) is 3.04. The van der Waals surface area contributed by atoms with Crippen molar-refractivity contribution in [3.8, 4) is 5.75 Å². The Kier molecular flexibility index (Phi) is 4.54. The topological polar surface area (TPSA) is 98.0 Å². The Hall–Kier alpha value is -2.41. The fourth-order valence-corrected chi connectivity index (χ4v) is 2.20. The number of hydrogen-bond donors (Lipinski definition) is 4. The summed E-state index contributed by atoms with van der Waals surface area (Å²) in [7, 11) is 0. The Morgan fingerprint density at radius 2 is 2.05 bits per heavy atom. The maximum atomic E-state index is 11.9. The van der Waals surface area contributed by atoms with Crippen LogP contribution in [0.3, 0.4) is 0 Å². The Morgan fingerprint density at radius 3 is 2.71 bits per heavy atom. The molecule has 2 aromatic rings. The quantitative estimate of drug-likeness (QED) is 0.513. The lowest BCUT2D eigenvalue weighted by Gasteiger charge is -2.07. The van der Waals surface area contributed by atoms with E-state index in [1.165, 1.54) is 6.07 Å².